The number of likely N-dealkylation sites (N-methyl/N-ethyl adjacent to an activating group) is 1. The average molecular weight is 279 g/mol. The zero-order valence-electron chi connectivity index (χ0n) is 12.3. The summed E-state index contributed by atoms with van der Waals surface area (Å²) in [6, 6.07) is 3.37. The SMILES string of the molecule is CCc1cccnc1CNC(=O)N(C)C(C)(C)C(=O)O. The number of aromatic nitrogens is 1. The summed E-state index contributed by atoms with van der Waals surface area (Å²) in [5.41, 5.74) is 0.597. The zero-order chi connectivity index (χ0) is 15.3. The lowest BCUT2D eigenvalue weighted by molar-refractivity contribution is -0.146. The lowest BCUT2D eigenvalue weighted by Gasteiger charge is -2.31. The number of carbonyl (C=O) groups is 2. The van der Waals surface area contributed by atoms with Crippen molar-refractivity contribution >= 4 is 12.0 Å². The van der Waals surface area contributed by atoms with E-state index in [1.54, 1.807) is 6.20 Å². The Kier molecular flexibility index (Phi) is 5.07. The number of nitrogens with zero attached hydrogens (tertiary/aromatic N) is 2. The highest BCUT2D eigenvalue weighted by atomic mass is 16.4. The highest BCUT2D eigenvalue weighted by Gasteiger charge is 2.35. The molecule has 0 aliphatic carbocycles. The first kappa shape index (κ1) is 15.9. The zero-order valence-corrected chi connectivity index (χ0v) is 12.3. The van der Waals surface area contributed by atoms with Gasteiger partial charge in [-0.3, -0.25) is 4.98 Å². The molecule has 110 valence electrons. The number of hydrogen-bond donors (Lipinski definition) is 2. The van der Waals surface area contributed by atoms with E-state index in [0.29, 0.717) is 0 Å². The lowest BCUT2D eigenvalue weighted by Crippen LogP contribution is -2.54. The van der Waals surface area contributed by atoms with Crippen LogP contribution in [0.4, 0.5) is 4.79 Å². The standard InChI is InChI=1S/C14H21N3O3/c1-5-10-7-6-8-15-11(10)9-16-13(20)17(4)14(2,3)12(18)19/h6-8H,5,9H2,1-4H3,(H,16,20)(H,18,19). The molecular weight excluding hydrogens is 258 g/mol. The van der Waals surface area contributed by atoms with Gasteiger partial charge in [-0.2, -0.15) is 0 Å². The molecule has 0 aromatic carbocycles. The van der Waals surface area contributed by atoms with Crippen LogP contribution >= 0.6 is 0 Å². The molecule has 1 heterocycles. The number of aryl methyl sites for hydroxylation is 1. The minimum Gasteiger partial charge on any atom is -0.480 e. The summed E-state index contributed by atoms with van der Waals surface area (Å²) in [5, 5.41) is 11.8. The first-order valence-electron chi connectivity index (χ1n) is 6.48. The Hall–Kier alpha value is -2.11. The van der Waals surface area contributed by atoms with Crippen LogP contribution in [0.15, 0.2) is 18.3 Å². The van der Waals surface area contributed by atoms with E-state index < -0.39 is 17.5 Å². The van der Waals surface area contributed by atoms with Gasteiger partial charge >= 0.3 is 12.0 Å². The quantitative estimate of drug-likeness (QED) is 0.858. The van der Waals surface area contributed by atoms with E-state index in [1.807, 2.05) is 19.1 Å². The molecule has 6 heteroatoms. The molecule has 2 amide bonds. The predicted octanol–water partition coefficient (Wildman–Crippen LogP) is 1.65. The Bertz CT molecular complexity index is 500. The maximum atomic E-state index is 12.0. The Morgan fingerprint density at radius 3 is 2.65 bits per heavy atom. The summed E-state index contributed by atoms with van der Waals surface area (Å²) >= 11 is 0. The molecule has 1 aromatic rings. The summed E-state index contributed by atoms with van der Waals surface area (Å²) in [6.45, 7) is 5.26. The highest BCUT2D eigenvalue weighted by molar-refractivity contribution is 5.85. The van der Waals surface area contributed by atoms with E-state index in [4.69, 9.17) is 5.11 Å². The number of carboxylic acid groups (broad SMARTS) is 1. The van der Waals surface area contributed by atoms with Crippen LogP contribution < -0.4 is 5.32 Å². The molecule has 0 atom stereocenters. The van der Waals surface area contributed by atoms with Gasteiger partial charge in [0.1, 0.15) is 5.54 Å². The summed E-state index contributed by atoms with van der Waals surface area (Å²) in [5.74, 6) is -1.05. The molecule has 0 aliphatic rings. The summed E-state index contributed by atoms with van der Waals surface area (Å²) in [7, 11) is 1.46. The lowest BCUT2D eigenvalue weighted by atomic mass is 10.1. The monoisotopic (exact) mass is 279 g/mol. The molecule has 0 fully saturated rings. The maximum Gasteiger partial charge on any atom is 0.329 e. The summed E-state index contributed by atoms with van der Waals surface area (Å²) < 4.78 is 0. The average Bonchev–Trinajstić information content (AvgIpc) is 2.43. The van der Waals surface area contributed by atoms with Gasteiger partial charge < -0.3 is 15.3 Å². The van der Waals surface area contributed by atoms with Crippen molar-refractivity contribution in [3.05, 3.63) is 29.6 Å². The number of amides is 2. The molecule has 0 bridgehead atoms. The third-order valence-corrected chi connectivity index (χ3v) is 3.44. The van der Waals surface area contributed by atoms with Crippen molar-refractivity contribution < 1.29 is 14.7 Å². The third kappa shape index (κ3) is 3.46. The molecule has 6 nitrogen and oxygen atoms in total. The molecule has 0 aliphatic heterocycles. The van der Waals surface area contributed by atoms with Crippen molar-refractivity contribution in [2.24, 2.45) is 0 Å². The largest absolute Gasteiger partial charge is 0.480 e. The van der Waals surface area contributed by atoms with Crippen LogP contribution in [0, 0.1) is 0 Å². The Balaban J connectivity index is 2.70. The number of nitrogens with one attached hydrogen (secondary N) is 1. The fraction of sp³-hybridized carbons (Fsp3) is 0.500. The van der Waals surface area contributed by atoms with Crippen molar-refractivity contribution in [3.63, 3.8) is 0 Å². The van der Waals surface area contributed by atoms with Crippen molar-refractivity contribution in [2.45, 2.75) is 39.3 Å². The van der Waals surface area contributed by atoms with E-state index in [2.05, 4.69) is 10.3 Å². The fourth-order valence-electron chi connectivity index (χ4n) is 1.63. The molecule has 0 saturated heterocycles. The first-order valence-corrected chi connectivity index (χ1v) is 6.48. The Morgan fingerprint density at radius 2 is 2.10 bits per heavy atom. The molecule has 1 aromatic heterocycles. The number of hydrogen-bond acceptors (Lipinski definition) is 3. The van der Waals surface area contributed by atoms with Gasteiger partial charge in [0, 0.05) is 13.2 Å². The number of carbonyl (C=O) groups excluding carboxylic acids is 1. The number of pyridine rings is 1. The number of rotatable bonds is 5. The van der Waals surface area contributed by atoms with Crippen LogP contribution in [0.25, 0.3) is 0 Å². The van der Waals surface area contributed by atoms with E-state index in [1.165, 1.54) is 25.8 Å². The van der Waals surface area contributed by atoms with Crippen LogP contribution in [-0.4, -0.2) is 39.6 Å². The van der Waals surface area contributed by atoms with E-state index in [-0.39, 0.29) is 6.54 Å². The molecule has 0 spiro atoms. The predicted molar refractivity (Wildman–Crippen MR) is 75.3 cm³/mol. The first-order chi connectivity index (χ1) is 9.30. The number of urea groups is 1. The van der Waals surface area contributed by atoms with Crippen molar-refractivity contribution in [3.8, 4) is 0 Å². The smallest absolute Gasteiger partial charge is 0.329 e. The second-order valence-corrected chi connectivity index (χ2v) is 5.04. The second-order valence-electron chi connectivity index (χ2n) is 5.04. The van der Waals surface area contributed by atoms with Gasteiger partial charge in [-0.25, -0.2) is 9.59 Å². The maximum absolute atomic E-state index is 12.0. The van der Waals surface area contributed by atoms with Crippen LogP contribution in [0.1, 0.15) is 32.0 Å². The van der Waals surface area contributed by atoms with Crippen molar-refractivity contribution in [1.29, 1.82) is 0 Å². The topological polar surface area (TPSA) is 82.5 Å². The number of aliphatic carboxylic acids is 1. The minimum atomic E-state index is -1.26. The van der Waals surface area contributed by atoms with Gasteiger partial charge in [-0.1, -0.05) is 13.0 Å². The second kappa shape index (κ2) is 6.36. The van der Waals surface area contributed by atoms with Crippen molar-refractivity contribution in [2.75, 3.05) is 7.05 Å². The number of carboxylic acids is 1. The molecule has 2 N–H and O–H groups in total. The molecular formula is C14H21N3O3. The van der Waals surface area contributed by atoms with Gasteiger partial charge in [0.05, 0.1) is 12.2 Å². The Labute approximate surface area is 118 Å². The van der Waals surface area contributed by atoms with Crippen LogP contribution in [-0.2, 0) is 17.8 Å². The Morgan fingerprint density at radius 1 is 1.45 bits per heavy atom. The third-order valence-electron chi connectivity index (χ3n) is 3.44. The van der Waals surface area contributed by atoms with Gasteiger partial charge in [-0.15, -0.1) is 0 Å². The van der Waals surface area contributed by atoms with Crippen LogP contribution in [0.2, 0.25) is 0 Å². The van der Waals surface area contributed by atoms with E-state index in [9.17, 15) is 9.59 Å². The minimum absolute atomic E-state index is 0.281. The van der Waals surface area contributed by atoms with Gasteiger partial charge in [0.2, 0.25) is 0 Å². The van der Waals surface area contributed by atoms with Crippen LogP contribution in [0.5, 0.6) is 0 Å². The summed E-state index contributed by atoms with van der Waals surface area (Å²) in [6.07, 6.45) is 2.50. The molecule has 1 rings (SSSR count). The highest BCUT2D eigenvalue weighted by Crippen LogP contribution is 2.13. The normalized spacial score (nSPS) is 11.0. The fourth-order valence-corrected chi connectivity index (χ4v) is 1.63. The molecule has 0 radical (unpaired) electrons. The van der Waals surface area contributed by atoms with E-state index in [0.717, 1.165) is 17.7 Å². The van der Waals surface area contributed by atoms with Gasteiger partial charge in [0.25, 0.3) is 0 Å². The van der Waals surface area contributed by atoms with Gasteiger partial charge in [-0.05, 0) is 31.9 Å². The molecule has 0 unspecified atom stereocenters. The van der Waals surface area contributed by atoms with Gasteiger partial charge in [0.15, 0.2) is 0 Å². The molecule has 0 saturated carbocycles. The molecule has 20 heavy (non-hydrogen) atoms. The summed E-state index contributed by atoms with van der Waals surface area (Å²) in [4.78, 5) is 28.5. The van der Waals surface area contributed by atoms with Crippen molar-refractivity contribution in [1.82, 2.24) is 15.2 Å². The van der Waals surface area contributed by atoms with Crippen LogP contribution in [0.3, 0.4) is 0 Å². The van der Waals surface area contributed by atoms with E-state index >= 15 is 0 Å².